The Labute approximate surface area is 83.9 Å². The molecule has 2 rings (SSSR count). The second-order valence-corrected chi connectivity index (χ2v) is 3.49. The number of benzene rings is 1. The molecule has 2 aromatic rings. The van der Waals surface area contributed by atoms with Crippen molar-refractivity contribution in [2.45, 2.75) is 20.8 Å². The molecule has 1 aromatic heterocycles. The Balaban J connectivity index is 2.71. The van der Waals surface area contributed by atoms with Crippen LogP contribution in [0.3, 0.4) is 0 Å². The van der Waals surface area contributed by atoms with E-state index in [0.717, 1.165) is 17.9 Å². The van der Waals surface area contributed by atoms with Crippen LogP contribution in [0.15, 0.2) is 22.6 Å². The summed E-state index contributed by atoms with van der Waals surface area (Å²) < 4.78 is 5.65. The van der Waals surface area contributed by atoms with Crippen LogP contribution in [0.5, 0.6) is 0 Å². The molecule has 0 atom stereocenters. The van der Waals surface area contributed by atoms with Gasteiger partial charge in [-0.25, -0.2) is 0 Å². The van der Waals surface area contributed by atoms with E-state index in [1.165, 1.54) is 16.6 Å². The zero-order valence-corrected chi connectivity index (χ0v) is 8.85. The number of aryl methyl sites for hydroxylation is 2. The largest absolute Gasteiger partial charge is 0.461 e. The van der Waals surface area contributed by atoms with Gasteiger partial charge in [-0.1, -0.05) is 6.07 Å². The van der Waals surface area contributed by atoms with Gasteiger partial charge < -0.3 is 9.73 Å². The number of hydrogen-bond acceptors (Lipinski definition) is 2. The molecule has 1 heterocycles. The summed E-state index contributed by atoms with van der Waals surface area (Å²) in [6, 6.07) is 6.12. The highest BCUT2D eigenvalue weighted by Gasteiger charge is 2.09. The van der Waals surface area contributed by atoms with Crippen molar-refractivity contribution in [1.82, 2.24) is 0 Å². The van der Waals surface area contributed by atoms with Crippen molar-refractivity contribution < 1.29 is 4.42 Å². The first-order chi connectivity index (χ1) is 6.74. The van der Waals surface area contributed by atoms with Gasteiger partial charge in [-0.15, -0.1) is 0 Å². The molecule has 1 aromatic carbocycles. The molecule has 0 unspecified atom stereocenters. The van der Waals surface area contributed by atoms with Gasteiger partial charge in [-0.05, 0) is 32.9 Å². The summed E-state index contributed by atoms with van der Waals surface area (Å²) in [6.07, 6.45) is 0. The lowest BCUT2D eigenvalue weighted by Gasteiger charge is -2.04. The van der Waals surface area contributed by atoms with Gasteiger partial charge in [0.15, 0.2) is 0 Å². The number of fused-ring (bicyclic) bond motifs is 1. The summed E-state index contributed by atoms with van der Waals surface area (Å²) in [6.45, 7) is 7.14. The quantitative estimate of drug-likeness (QED) is 0.782. The SMILES string of the molecule is CCNc1cccc2oc(C)c(C)c12. The molecule has 2 nitrogen and oxygen atoms in total. The highest BCUT2D eigenvalue weighted by atomic mass is 16.3. The average molecular weight is 189 g/mol. The predicted octanol–water partition coefficient (Wildman–Crippen LogP) is 3.48. The summed E-state index contributed by atoms with van der Waals surface area (Å²) in [5.41, 5.74) is 3.37. The molecule has 74 valence electrons. The molecular weight excluding hydrogens is 174 g/mol. The maximum Gasteiger partial charge on any atom is 0.136 e. The smallest absolute Gasteiger partial charge is 0.136 e. The Morgan fingerprint density at radius 2 is 2.07 bits per heavy atom. The van der Waals surface area contributed by atoms with Crippen molar-refractivity contribution in [1.29, 1.82) is 0 Å². The molecule has 0 aliphatic rings. The normalized spacial score (nSPS) is 10.8. The van der Waals surface area contributed by atoms with Crippen LogP contribution in [-0.2, 0) is 0 Å². The molecular formula is C12H15NO. The first kappa shape index (κ1) is 9.13. The van der Waals surface area contributed by atoms with E-state index in [1.807, 2.05) is 19.1 Å². The Morgan fingerprint density at radius 1 is 1.29 bits per heavy atom. The van der Waals surface area contributed by atoms with Crippen molar-refractivity contribution in [2.24, 2.45) is 0 Å². The summed E-state index contributed by atoms with van der Waals surface area (Å²) in [7, 11) is 0. The van der Waals surface area contributed by atoms with E-state index in [0.29, 0.717) is 0 Å². The van der Waals surface area contributed by atoms with E-state index < -0.39 is 0 Å². The molecule has 0 saturated carbocycles. The van der Waals surface area contributed by atoms with Gasteiger partial charge in [0.1, 0.15) is 11.3 Å². The van der Waals surface area contributed by atoms with Crippen LogP contribution in [0.1, 0.15) is 18.2 Å². The molecule has 0 aliphatic carbocycles. The standard InChI is InChI=1S/C12H15NO/c1-4-13-10-6-5-7-11-12(10)8(2)9(3)14-11/h5-7,13H,4H2,1-3H3. The van der Waals surface area contributed by atoms with Crippen LogP contribution in [0.4, 0.5) is 5.69 Å². The monoisotopic (exact) mass is 189 g/mol. The average Bonchev–Trinajstić information content (AvgIpc) is 2.45. The van der Waals surface area contributed by atoms with Crippen LogP contribution in [-0.4, -0.2) is 6.54 Å². The number of rotatable bonds is 2. The van der Waals surface area contributed by atoms with Crippen molar-refractivity contribution in [2.75, 3.05) is 11.9 Å². The Morgan fingerprint density at radius 3 is 2.79 bits per heavy atom. The van der Waals surface area contributed by atoms with E-state index in [1.54, 1.807) is 0 Å². The summed E-state index contributed by atoms with van der Waals surface area (Å²) in [4.78, 5) is 0. The Bertz CT molecular complexity index is 457. The van der Waals surface area contributed by atoms with Gasteiger partial charge >= 0.3 is 0 Å². The molecule has 0 saturated heterocycles. The Hall–Kier alpha value is -1.44. The van der Waals surface area contributed by atoms with Gasteiger partial charge in [0, 0.05) is 23.2 Å². The third kappa shape index (κ3) is 1.27. The minimum Gasteiger partial charge on any atom is -0.461 e. The van der Waals surface area contributed by atoms with E-state index in [4.69, 9.17) is 4.42 Å². The topological polar surface area (TPSA) is 25.2 Å². The molecule has 0 fully saturated rings. The minimum atomic E-state index is 0.933. The molecule has 2 heteroatoms. The van der Waals surface area contributed by atoms with Crippen LogP contribution in [0, 0.1) is 13.8 Å². The van der Waals surface area contributed by atoms with Gasteiger partial charge in [-0.2, -0.15) is 0 Å². The zero-order chi connectivity index (χ0) is 10.1. The van der Waals surface area contributed by atoms with Gasteiger partial charge in [0.25, 0.3) is 0 Å². The van der Waals surface area contributed by atoms with Gasteiger partial charge in [0.2, 0.25) is 0 Å². The highest BCUT2D eigenvalue weighted by molar-refractivity contribution is 5.94. The van der Waals surface area contributed by atoms with Gasteiger partial charge in [-0.3, -0.25) is 0 Å². The number of nitrogens with one attached hydrogen (secondary N) is 1. The number of hydrogen-bond donors (Lipinski definition) is 1. The molecule has 0 amide bonds. The minimum absolute atomic E-state index is 0.933. The lowest BCUT2D eigenvalue weighted by molar-refractivity contribution is 0.575. The lowest BCUT2D eigenvalue weighted by atomic mass is 10.1. The summed E-state index contributed by atoms with van der Waals surface area (Å²) in [5.74, 6) is 1.00. The van der Waals surface area contributed by atoms with Crippen molar-refractivity contribution in [3.8, 4) is 0 Å². The second kappa shape index (κ2) is 3.37. The van der Waals surface area contributed by atoms with Crippen LogP contribution >= 0.6 is 0 Å². The molecule has 14 heavy (non-hydrogen) atoms. The van der Waals surface area contributed by atoms with E-state index >= 15 is 0 Å². The molecule has 0 radical (unpaired) electrons. The zero-order valence-electron chi connectivity index (χ0n) is 8.85. The van der Waals surface area contributed by atoms with Crippen LogP contribution < -0.4 is 5.32 Å². The van der Waals surface area contributed by atoms with Crippen LogP contribution in [0.25, 0.3) is 11.0 Å². The lowest BCUT2D eigenvalue weighted by Crippen LogP contribution is -1.96. The fraction of sp³-hybridized carbons (Fsp3) is 0.333. The Kier molecular flexibility index (Phi) is 2.20. The first-order valence-corrected chi connectivity index (χ1v) is 4.96. The third-order valence-corrected chi connectivity index (χ3v) is 2.56. The molecule has 0 spiro atoms. The van der Waals surface area contributed by atoms with E-state index in [2.05, 4.69) is 25.2 Å². The van der Waals surface area contributed by atoms with Gasteiger partial charge in [0.05, 0.1) is 0 Å². The van der Waals surface area contributed by atoms with Crippen molar-refractivity contribution in [3.63, 3.8) is 0 Å². The van der Waals surface area contributed by atoms with E-state index in [9.17, 15) is 0 Å². The molecule has 0 aliphatic heterocycles. The predicted molar refractivity (Wildman–Crippen MR) is 59.9 cm³/mol. The summed E-state index contributed by atoms with van der Waals surface area (Å²) in [5, 5.41) is 4.56. The maximum atomic E-state index is 5.65. The molecule has 0 bridgehead atoms. The van der Waals surface area contributed by atoms with Crippen molar-refractivity contribution in [3.05, 3.63) is 29.5 Å². The number of furan rings is 1. The second-order valence-electron chi connectivity index (χ2n) is 3.49. The first-order valence-electron chi connectivity index (χ1n) is 4.96. The van der Waals surface area contributed by atoms with E-state index in [-0.39, 0.29) is 0 Å². The fourth-order valence-corrected chi connectivity index (χ4v) is 1.76. The summed E-state index contributed by atoms with van der Waals surface area (Å²) >= 11 is 0. The third-order valence-electron chi connectivity index (χ3n) is 2.56. The van der Waals surface area contributed by atoms with Crippen LogP contribution in [0.2, 0.25) is 0 Å². The highest BCUT2D eigenvalue weighted by Crippen LogP contribution is 2.30. The fourth-order valence-electron chi connectivity index (χ4n) is 1.76. The maximum absolute atomic E-state index is 5.65. The van der Waals surface area contributed by atoms with Crippen molar-refractivity contribution >= 4 is 16.7 Å². The molecule has 1 N–H and O–H groups in total. The number of anilines is 1.